The number of aliphatic hydroxyl groups excluding tert-OH is 2. The molecule has 8 rings (SSSR count). The van der Waals surface area contributed by atoms with Gasteiger partial charge in [-0.25, -0.2) is 0 Å². The van der Waals surface area contributed by atoms with Crippen LogP contribution in [-0.2, 0) is 46.5 Å². The number of esters is 1. The Labute approximate surface area is 289 Å². The van der Waals surface area contributed by atoms with Crippen molar-refractivity contribution in [2.45, 2.75) is 81.4 Å². The normalized spacial score (nSPS) is 30.9. The summed E-state index contributed by atoms with van der Waals surface area (Å²) >= 11 is 0. The first kappa shape index (κ1) is 33.3. The molecule has 0 aromatic heterocycles. The number of aliphatic hydroxyl groups is 2. The summed E-state index contributed by atoms with van der Waals surface area (Å²) in [4.78, 5) is 48.1. The van der Waals surface area contributed by atoms with Gasteiger partial charge < -0.3 is 39.8 Å². The average molecular weight is 690 g/mol. The van der Waals surface area contributed by atoms with Gasteiger partial charge in [0.1, 0.15) is 36.4 Å². The highest BCUT2D eigenvalue weighted by molar-refractivity contribution is 5.95. The maximum absolute atomic E-state index is 14.7. The number of rotatable bonds is 14. The number of hydrogen-bond acceptors (Lipinski definition) is 11. The third-order valence-electron chi connectivity index (χ3n) is 10.9. The highest BCUT2D eigenvalue weighted by atomic mass is 16.8. The third-order valence-corrected chi connectivity index (χ3v) is 10.9. The van der Waals surface area contributed by atoms with Crippen molar-refractivity contribution in [2.75, 3.05) is 26.4 Å². The molecule has 6 aliphatic rings. The molecule has 2 aromatic carbocycles. The summed E-state index contributed by atoms with van der Waals surface area (Å²) < 4.78 is 25.3. The van der Waals surface area contributed by atoms with E-state index in [9.17, 15) is 14.4 Å². The lowest BCUT2D eigenvalue weighted by Crippen LogP contribution is -2.69. The molecule has 6 fully saturated rings. The number of nitrogens with zero attached hydrogens (tertiary/aromatic N) is 1. The minimum absolute atomic E-state index is 0.105. The van der Waals surface area contributed by atoms with Crippen LogP contribution in [0.25, 0.3) is 6.08 Å². The maximum atomic E-state index is 14.7. The largest absolute Gasteiger partial charge is 0.499 e. The molecule has 3 aliphatic heterocycles. The number of carbonyl (C=O) groups excluding carboxylic acids is 3. The van der Waals surface area contributed by atoms with Gasteiger partial charge >= 0.3 is 5.97 Å². The van der Waals surface area contributed by atoms with Crippen molar-refractivity contribution in [1.29, 1.82) is 0 Å². The van der Waals surface area contributed by atoms with Gasteiger partial charge in [-0.1, -0.05) is 36.4 Å². The number of hydrogen-bond donors (Lipinski definition) is 4. The minimum atomic E-state index is -1.33. The van der Waals surface area contributed by atoms with Crippen molar-refractivity contribution in [3.8, 4) is 0 Å². The molecule has 4 N–H and O–H groups in total. The van der Waals surface area contributed by atoms with Crippen molar-refractivity contribution in [3.05, 3.63) is 77.0 Å². The average Bonchev–Trinajstić information content (AvgIpc) is 4.08. The van der Waals surface area contributed by atoms with Gasteiger partial charge in [0.05, 0.1) is 26.0 Å². The molecule has 13 heteroatoms. The number of hydroxylamine groups is 2. The summed E-state index contributed by atoms with van der Waals surface area (Å²) in [5.74, 6) is -1.45. The van der Waals surface area contributed by atoms with E-state index in [0.29, 0.717) is 11.1 Å². The Bertz CT molecular complexity index is 1650. The Kier molecular flexibility index (Phi) is 8.90. The lowest BCUT2D eigenvalue weighted by Gasteiger charge is -2.48. The fourth-order valence-corrected chi connectivity index (χ4v) is 8.36. The lowest BCUT2D eigenvalue weighted by atomic mass is 9.62. The van der Waals surface area contributed by atoms with Gasteiger partial charge in [-0.15, -0.1) is 0 Å². The number of ether oxygens (including phenoxy) is 4. The zero-order valence-electron chi connectivity index (χ0n) is 27.7. The number of carbonyl (C=O) groups is 3. The minimum Gasteiger partial charge on any atom is -0.499 e. The van der Waals surface area contributed by atoms with Crippen LogP contribution in [0.2, 0.25) is 0 Å². The van der Waals surface area contributed by atoms with Crippen LogP contribution in [0.5, 0.6) is 0 Å². The molecule has 2 amide bonds. The Morgan fingerprint density at radius 3 is 2.52 bits per heavy atom. The van der Waals surface area contributed by atoms with Crippen molar-refractivity contribution < 1.29 is 48.4 Å². The Morgan fingerprint density at radius 1 is 0.980 bits per heavy atom. The van der Waals surface area contributed by atoms with Gasteiger partial charge in [0.25, 0.3) is 5.91 Å². The van der Waals surface area contributed by atoms with Crippen molar-refractivity contribution in [3.63, 3.8) is 0 Å². The second kappa shape index (κ2) is 13.4. The van der Waals surface area contributed by atoms with Crippen LogP contribution in [0.1, 0.15) is 59.2 Å². The molecular formula is C37H43N3O10. The maximum Gasteiger partial charge on any atom is 0.327 e. The third kappa shape index (κ3) is 5.79. The van der Waals surface area contributed by atoms with Crippen LogP contribution in [0.4, 0.5) is 0 Å². The SMILES string of the molecule is O=C(NCCO)c1cccc(CNC(=O)[C@@]23C[C@H]4OC(=O)[C@@H]2N(Cc2ccccc2C=COCCO)O[C@@H]3[C@H]2OC(C3CC3)(C3CC3)O[C@H]24)c1. The Hall–Kier alpha value is -3.85. The highest BCUT2D eigenvalue weighted by Gasteiger charge is 2.78. The molecule has 3 saturated heterocycles. The Morgan fingerprint density at radius 2 is 1.76 bits per heavy atom. The fourth-order valence-electron chi connectivity index (χ4n) is 8.36. The van der Waals surface area contributed by atoms with Crippen LogP contribution >= 0.6 is 0 Å². The summed E-state index contributed by atoms with van der Waals surface area (Å²) in [6, 6.07) is 13.5. The molecule has 13 nitrogen and oxygen atoms in total. The summed E-state index contributed by atoms with van der Waals surface area (Å²) in [7, 11) is 0. The van der Waals surface area contributed by atoms with E-state index in [0.717, 1.165) is 36.8 Å². The second-order valence-electron chi connectivity index (χ2n) is 14.1. The van der Waals surface area contributed by atoms with Crippen LogP contribution in [-0.4, -0.2) is 95.7 Å². The zero-order chi connectivity index (χ0) is 34.5. The van der Waals surface area contributed by atoms with E-state index in [1.807, 2.05) is 30.3 Å². The molecule has 3 heterocycles. The van der Waals surface area contributed by atoms with E-state index in [2.05, 4.69) is 10.6 Å². The number of amides is 2. The van der Waals surface area contributed by atoms with E-state index >= 15 is 0 Å². The predicted octanol–water partition coefficient (Wildman–Crippen LogP) is 1.80. The van der Waals surface area contributed by atoms with E-state index in [1.54, 1.807) is 29.3 Å². The van der Waals surface area contributed by atoms with Crippen LogP contribution in [0.3, 0.4) is 0 Å². The Balaban J connectivity index is 1.11. The molecule has 2 aromatic rings. The van der Waals surface area contributed by atoms with Gasteiger partial charge in [-0.3, -0.25) is 19.2 Å². The highest BCUT2D eigenvalue weighted by Crippen LogP contribution is 2.63. The summed E-state index contributed by atoms with van der Waals surface area (Å²) in [6.07, 6.45) is 4.89. The molecule has 0 unspecified atom stereocenters. The molecular weight excluding hydrogens is 646 g/mol. The molecule has 50 heavy (non-hydrogen) atoms. The number of benzene rings is 2. The topological polar surface area (TPSA) is 165 Å². The molecule has 0 spiro atoms. The van der Waals surface area contributed by atoms with Crippen LogP contribution in [0, 0.1) is 17.3 Å². The van der Waals surface area contributed by atoms with Crippen LogP contribution < -0.4 is 10.6 Å². The fraction of sp³-hybridized carbons (Fsp3) is 0.541. The van der Waals surface area contributed by atoms with Crippen LogP contribution in [0.15, 0.2) is 54.8 Å². The van der Waals surface area contributed by atoms with Gasteiger partial charge in [0.2, 0.25) is 5.91 Å². The number of fused-ring (bicyclic) bond motifs is 4. The zero-order valence-corrected chi connectivity index (χ0v) is 27.7. The quantitative estimate of drug-likeness (QED) is 0.130. The summed E-state index contributed by atoms with van der Waals surface area (Å²) in [5.41, 5.74) is 1.43. The molecule has 2 bridgehead atoms. The smallest absolute Gasteiger partial charge is 0.327 e. The van der Waals surface area contributed by atoms with Gasteiger partial charge in [0, 0.05) is 36.9 Å². The predicted molar refractivity (Wildman–Crippen MR) is 175 cm³/mol. The first-order valence-corrected chi connectivity index (χ1v) is 17.6. The molecule has 3 aliphatic carbocycles. The van der Waals surface area contributed by atoms with Gasteiger partial charge in [0.15, 0.2) is 11.8 Å². The monoisotopic (exact) mass is 689 g/mol. The number of nitrogens with one attached hydrogen (secondary N) is 2. The first-order chi connectivity index (χ1) is 24.4. The molecule has 266 valence electrons. The standard InChI is InChI=1S/C37H43N3O10/c41-14-13-38-33(43)24-7-3-4-22(18-24)20-39-35(45)36-19-28-29-30(49-37(48-29,26-8-9-26)27-10-11-27)32(36)50-40(31(36)34(44)47-28)21-25-6-2-1-5-23(25)12-16-46-17-15-42/h1-7,12,16,18,26-32,41-42H,8-11,13-15,17,19-21H2,(H,38,43)(H,39,45)/t28-,29+,30+,31+,32-,36+/m1/s1. The molecule has 6 atom stereocenters. The second-order valence-corrected chi connectivity index (χ2v) is 14.1. The van der Waals surface area contributed by atoms with E-state index in [1.165, 1.54) is 6.26 Å². The lowest BCUT2D eigenvalue weighted by molar-refractivity contribution is -0.235. The molecule has 3 saturated carbocycles. The first-order valence-electron chi connectivity index (χ1n) is 17.6. The van der Waals surface area contributed by atoms with E-state index in [4.69, 9.17) is 34.0 Å². The van der Waals surface area contributed by atoms with Gasteiger partial charge in [-0.05, 0) is 60.6 Å². The van der Waals surface area contributed by atoms with Gasteiger partial charge in [-0.2, -0.15) is 5.06 Å². The van der Waals surface area contributed by atoms with Crippen molar-refractivity contribution in [1.82, 2.24) is 15.7 Å². The van der Waals surface area contributed by atoms with E-state index in [-0.39, 0.29) is 69.5 Å². The summed E-state index contributed by atoms with van der Waals surface area (Å²) in [5, 5.41) is 25.5. The van der Waals surface area contributed by atoms with Crippen molar-refractivity contribution in [2.24, 2.45) is 17.3 Å². The molecule has 0 radical (unpaired) electrons. The van der Waals surface area contributed by atoms with Crippen molar-refractivity contribution >= 4 is 23.9 Å². The summed E-state index contributed by atoms with van der Waals surface area (Å²) in [6.45, 7) is 0.310. The van der Waals surface area contributed by atoms with E-state index < -0.39 is 47.6 Å².